The lowest BCUT2D eigenvalue weighted by Gasteiger charge is -2.26. The van der Waals surface area contributed by atoms with Crippen LogP contribution in [0.3, 0.4) is 0 Å². The molecule has 1 aliphatic rings. The monoisotopic (exact) mass is 574 g/mol. The van der Waals surface area contributed by atoms with Gasteiger partial charge in [-0.15, -0.1) is 0 Å². The number of hydrogen-bond donors (Lipinski definition) is 1. The van der Waals surface area contributed by atoms with Gasteiger partial charge in [-0.1, -0.05) is 55.0 Å². The Labute approximate surface area is 231 Å². The van der Waals surface area contributed by atoms with E-state index in [1.165, 1.54) is 49.6 Å². The van der Waals surface area contributed by atoms with Crippen molar-refractivity contribution in [2.75, 3.05) is 18.0 Å². The highest BCUT2D eigenvalue weighted by Gasteiger charge is 2.42. The van der Waals surface area contributed by atoms with Crippen LogP contribution in [-0.2, 0) is 36.9 Å². The quantitative estimate of drug-likeness (QED) is 0.261. The molecule has 0 radical (unpaired) electrons. The number of rotatable bonds is 10. The Kier molecular flexibility index (Phi) is 8.82. The zero-order valence-corrected chi connectivity index (χ0v) is 22.6. The fourth-order valence-electron chi connectivity index (χ4n) is 4.76. The summed E-state index contributed by atoms with van der Waals surface area (Å²) in [5.41, 5.74) is 0.415. The van der Waals surface area contributed by atoms with E-state index in [2.05, 4.69) is 10.1 Å². The molecule has 1 heterocycles. The lowest BCUT2D eigenvalue weighted by atomic mass is 9.99. The normalized spacial score (nSPS) is 15.0. The summed E-state index contributed by atoms with van der Waals surface area (Å²) in [6.45, 7) is 0.314. The molecule has 3 aromatic rings. The van der Waals surface area contributed by atoms with E-state index in [0.29, 0.717) is 37.1 Å². The molecule has 11 heteroatoms. The standard InChI is InChI=1S/C29H29F3N2O5S/c1-39-27(35)13-3-2-8-18-33-28(36)26-19-21-9-4-7-12-25(21)34(26)40(37,38)22-16-14-20(15-17-22)23-10-5-6-11-24(23)29(30,31)32/h4-7,9-12,14-17,26H,2-3,8,13,18-19H2,1H3,(H,33,36)/t26-/m0/s1. The predicted octanol–water partition coefficient (Wildman–Crippen LogP) is 5.34. The van der Waals surface area contributed by atoms with Gasteiger partial charge in [0.2, 0.25) is 5.91 Å². The van der Waals surface area contributed by atoms with Crippen LogP contribution in [0, 0.1) is 0 Å². The number of esters is 1. The summed E-state index contributed by atoms with van der Waals surface area (Å²) in [6, 6.07) is 16.1. The summed E-state index contributed by atoms with van der Waals surface area (Å²) in [5, 5.41) is 2.80. The van der Waals surface area contributed by atoms with Crippen LogP contribution in [0.25, 0.3) is 11.1 Å². The number of para-hydroxylation sites is 1. The van der Waals surface area contributed by atoms with Crippen LogP contribution < -0.4 is 9.62 Å². The van der Waals surface area contributed by atoms with Gasteiger partial charge in [-0.05, 0) is 53.8 Å². The molecule has 0 aliphatic carbocycles. The maximum atomic E-state index is 13.8. The van der Waals surface area contributed by atoms with Crippen molar-refractivity contribution in [3.8, 4) is 11.1 Å². The smallest absolute Gasteiger partial charge is 0.417 e. The van der Waals surface area contributed by atoms with E-state index in [0.717, 1.165) is 10.4 Å². The topological polar surface area (TPSA) is 92.8 Å². The van der Waals surface area contributed by atoms with Gasteiger partial charge in [0.05, 0.1) is 23.3 Å². The number of sulfonamides is 1. The van der Waals surface area contributed by atoms with Crippen molar-refractivity contribution in [2.45, 2.75) is 49.2 Å². The minimum absolute atomic E-state index is 0.0608. The number of benzene rings is 3. The molecular formula is C29H29F3N2O5S. The van der Waals surface area contributed by atoms with Crippen LogP contribution in [0.1, 0.15) is 36.8 Å². The molecule has 1 atom stereocenters. The highest BCUT2D eigenvalue weighted by atomic mass is 32.2. The van der Waals surface area contributed by atoms with Crippen molar-refractivity contribution < 1.29 is 35.9 Å². The number of hydrogen-bond acceptors (Lipinski definition) is 5. The van der Waals surface area contributed by atoms with Gasteiger partial charge in [0.1, 0.15) is 6.04 Å². The number of halogens is 3. The van der Waals surface area contributed by atoms with Crippen molar-refractivity contribution in [3.63, 3.8) is 0 Å². The predicted molar refractivity (Wildman–Crippen MR) is 144 cm³/mol. The number of methoxy groups -OCH3 is 1. The first kappa shape index (κ1) is 29.1. The van der Waals surface area contributed by atoms with Crippen LogP contribution in [-0.4, -0.2) is 40.0 Å². The Balaban J connectivity index is 1.54. The molecule has 0 spiro atoms. The zero-order chi connectivity index (χ0) is 28.9. The third-order valence-electron chi connectivity index (χ3n) is 6.77. The molecule has 0 fully saturated rings. The van der Waals surface area contributed by atoms with Gasteiger partial charge in [-0.25, -0.2) is 8.42 Å². The number of carbonyl (C=O) groups is 2. The van der Waals surface area contributed by atoms with Gasteiger partial charge < -0.3 is 10.1 Å². The lowest BCUT2D eigenvalue weighted by Crippen LogP contribution is -2.48. The second kappa shape index (κ2) is 12.1. The highest BCUT2D eigenvalue weighted by molar-refractivity contribution is 7.93. The van der Waals surface area contributed by atoms with Crippen molar-refractivity contribution >= 4 is 27.6 Å². The van der Waals surface area contributed by atoms with Gasteiger partial charge in [0.15, 0.2) is 0 Å². The van der Waals surface area contributed by atoms with Gasteiger partial charge in [-0.3, -0.25) is 13.9 Å². The van der Waals surface area contributed by atoms with Crippen molar-refractivity contribution in [1.82, 2.24) is 5.32 Å². The minimum atomic E-state index is -4.57. The summed E-state index contributed by atoms with van der Waals surface area (Å²) >= 11 is 0. The number of fused-ring (bicyclic) bond motifs is 1. The second-order valence-corrected chi connectivity index (χ2v) is 11.2. The largest absolute Gasteiger partial charge is 0.469 e. The first-order valence-corrected chi connectivity index (χ1v) is 14.2. The molecule has 7 nitrogen and oxygen atoms in total. The summed E-state index contributed by atoms with van der Waals surface area (Å²) in [6.07, 6.45) is -2.19. The summed E-state index contributed by atoms with van der Waals surface area (Å²) < 4.78 is 73.8. The third-order valence-corrected chi connectivity index (χ3v) is 8.60. The molecule has 3 aromatic carbocycles. The molecule has 0 unspecified atom stereocenters. The molecule has 1 aliphatic heterocycles. The maximum absolute atomic E-state index is 13.8. The van der Waals surface area contributed by atoms with Gasteiger partial charge in [0, 0.05) is 19.4 Å². The lowest BCUT2D eigenvalue weighted by molar-refractivity contribution is -0.140. The Morgan fingerprint density at radius 2 is 1.62 bits per heavy atom. The minimum Gasteiger partial charge on any atom is -0.469 e. The van der Waals surface area contributed by atoms with Gasteiger partial charge in [0.25, 0.3) is 10.0 Å². The van der Waals surface area contributed by atoms with Crippen LogP contribution in [0.15, 0.2) is 77.7 Å². The Morgan fingerprint density at radius 1 is 0.950 bits per heavy atom. The van der Waals surface area contributed by atoms with E-state index >= 15 is 0 Å². The number of alkyl halides is 3. The van der Waals surface area contributed by atoms with Gasteiger partial charge in [-0.2, -0.15) is 13.2 Å². The van der Waals surface area contributed by atoms with Crippen LogP contribution in [0.5, 0.6) is 0 Å². The maximum Gasteiger partial charge on any atom is 0.417 e. The molecule has 0 bridgehead atoms. The van der Waals surface area contributed by atoms with E-state index in [1.807, 2.05) is 0 Å². The first-order chi connectivity index (χ1) is 19.0. The number of nitrogens with one attached hydrogen (secondary N) is 1. The van der Waals surface area contributed by atoms with Crippen molar-refractivity contribution in [3.05, 3.63) is 83.9 Å². The van der Waals surface area contributed by atoms with E-state index in [4.69, 9.17) is 0 Å². The summed E-state index contributed by atoms with van der Waals surface area (Å²) in [4.78, 5) is 24.2. The first-order valence-electron chi connectivity index (χ1n) is 12.8. The Bertz CT molecular complexity index is 1470. The summed E-state index contributed by atoms with van der Waals surface area (Å²) in [7, 11) is -2.91. The molecule has 0 saturated heterocycles. The number of amides is 1. The fourth-order valence-corrected chi connectivity index (χ4v) is 6.41. The zero-order valence-electron chi connectivity index (χ0n) is 21.8. The molecule has 1 amide bonds. The highest BCUT2D eigenvalue weighted by Crippen LogP contribution is 2.39. The number of unbranched alkanes of at least 4 members (excludes halogenated alkanes) is 2. The number of carbonyl (C=O) groups excluding carboxylic acids is 2. The van der Waals surface area contributed by atoms with Crippen LogP contribution in [0.2, 0.25) is 0 Å². The van der Waals surface area contributed by atoms with Crippen LogP contribution >= 0.6 is 0 Å². The SMILES string of the molecule is COC(=O)CCCCCNC(=O)[C@@H]1Cc2ccccc2N1S(=O)(=O)c1ccc(-c2ccccc2C(F)(F)F)cc1. The summed E-state index contributed by atoms with van der Waals surface area (Å²) in [5.74, 6) is -0.755. The fraction of sp³-hybridized carbons (Fsp3) is 0.310. The number of ether oxygens (including phenoxy) is 1. The van der Waals surface area contributed by atoms with Crippen molar-refractivity contribution in [2.24, 2.45) is 0 Å². The molecule has 0 aromatic heterocycles. The molecule has 0 saturated carbocycles. The molecule has 1 N–H and O–H groups in total. The molecule has 40 heavy (non-hydrogen) atoms. The third kappa shape index (κ3) is 6.30. The molecule has 212 valence electrons. The number of anilines is 1. The van der Waals surface area contributed by atoms with E-state index in [-0.39, 0.29) is 34.8 Å². The average Bonchev–Trinajstić information content (AvgIpc) is 3.35. The van der Waals surface area contributed by atoms with Crippen LogP contribution in [0.4, 0.5) is 18.9 Å². The number of nitrogens with zero attached hydrogens (tertiary/aromatic N) is 1. The Morgan fingerprint density at radius 3 is 2.33 bits per heavy atom. The van der Waals surface area contributed by atoms with Gasteiger partial charge >= 0.3 is 12.1 Å². The molecule has 4 rings (SSSR count). The van der Waals surface area contributed by atoms with E-state index in [9.17, 15) is 31.2 Å². The molecular weight excluding hydrogens is 545 g/mol. The van der Waals surface area contributed by atoms with E-state index < -0.39 is 33.7 Å². The Hall–Kier alpha value is -3.86. The van der Waals surface area contributed by atoms with Crippen molar-refractivity contribution in [1.29, 1.82) is 0 Å². The second-order valence-electron chi connectivity index (χ2n) is 9.40. The van der Waals surface area contributed by atoms with E-state index in [1.54, 1.807) is 24.3 Å². The average molecular weight is 575 g/mol.